The van der Waals surface area contributed by atoms with E-state index >= 15 is 0 Å². The molecule has 2 saturated carbocycles. The number of carboxylic acids is 1. The molecular weight excluding hydrogens is 254 g/mol. The van der Waals surface area contributed by atoms with Gasteiger partial charge in [-0.05, 0) is 31.1 Å². The third-order valence-electron chi connectivity index (χ3n) is 3.45. The quantitative estimate of drug-likeness (QED) is 0.680. The summed E-state index contributed by atoms with van der Waals surface area (Å²) in [5, 5.41) is 11.6. The zero-order valence-corrected chi connectivity index (χ0v) is 11.1. The van der Waals surface area contributed by atoms with E-state index < -0.39 is 16.8 Å². The maximum atomic E-state index is 11.8. The molecule has 6 heteroatoms. The van der Waals surface area contributed by atoms with Gasteiger partial charge in [0.1, 0.15) is 0 Å². The van der Waals surface area contributed by atoms with Gasteiger partial charge in [0.25, 0.3) is 0 Å². The molecule has 2 aliphatic rings. The van der Waals surface area contributed by atoms with Crippen LogP contribution in [0.15, 0.2) is 0 Å². The second-order valence-electron chi connectivity index (χ2n) is 5.45. The highest BCUT2D eigenvalue weighted by Crippen LogP contribution is 2.49. The second-order valence-corrected chi connectivity index (χ2v) is 7.03. The molecular formula is C12H19NO4S. The second kappa shape index (κ2) is 5.38. The highest BCUT2D eigenvalue weighted by Gasteiger charge is 2.45. The Labute approximate surface area is 109 Å². The van der Waals surface area contributed by atoms with Crippen LogP contribution in [-0.2, 0) is 20.4 Å². The SMILES string of the molecule is O=C(O)CC1(CS(=O)CCC(=O)NC2CC2)CC1. The highest BCUT2D eigenvalue weighted by molar-refractivity contribution is 7.85. The lowest BCUT2D eigenvalue weighted by atomic mass is 10.1. The van der Waals surface area contributed by atoms with Crippen molar-refractivity contribution < 1.29 is 18.9 Å². The van der Waals surface area contributed by atoms with Crippen molar-refractivity contribution in [2.24, 2.45) is 5.41 Å². The fourth-order valence-corrected chi connectivity index (χ4v) is 3.65. The molecule has 102 valence electrons. The first-order valence-electron chi connectivity index (χ1n) is 6.35. The van der Waals surface area contributed by atoms with Crippen LogP contribution in [-0.4, -0.2) is 38.7 Å². The lowest BCUT2D eigenvalue weighted by Crippen LogP contribution is -2.27. The zero-order chi connectivity index (χ0) is 13.2. The summed E-state index contributed by atoms with van der Waals surface area (Å²) in [6, 6.07) is 0.340. The third-order valence-corrected chi connectivity index (χ3v) is 5.04. The van der Waals surface area contributed by atoms with Gasteiger partial charge in [0.2, 0.25) is 5.91 Å². The number of carboxylic acid groups (broad SMARTS) is 1. The Hall–Kier alpha value is -0.910. The lowest BCUT2D eigenvalue weighted by Gasteiger charge is -2.11. The normalized spacial score (nSPS) is 22.2. The van der Waals surface area contributed by atoms with Gasteiger partial charge < -0.3 is 10.4 Å². The van der Waals surface area contributed by atoms with Gasteiger partial charge in [-0.3, -0.25) is 13.8 Å². The van der Waals surface area contributed by atoms with Crippen LogP contribution in [0, 0.1) is 5.41 Å². The summed E-state index contributed by atoms with van der Waals surface area (Å²) in [5.41, 5.74) is -0.246. The number of hydrogen-bond acceptors (Lipinski definition) is 3. The molecule has 0 radical (unpaired) electrons. The van der Waals surface area contributed by atoms with Crippen LogP contribution in [0.4, 0.5) is 0 Å². The fourth-order valence-electron chi connectivity index (χ4n) is 2.02. The molecule has 1 amide bonds. The van der Waals surface area contributed by atoms with Gasteiger partial charge in [0.15, 0.2) is 0 Å². The van der Waals surface area contributed by atoms with E-state index in [9.17, 15) is 13.8 Å². The van der Waals surface area contributed by atoms with Crippen LogP contribution in [0.25, 0.3) is 0 Å². The maximum Gasteiger partial charge on any atom is 0.303 e. The molecule has 18 heavy (non-hydrogen) atoms. The predicted molar refractivity (Wildman–Crippen MR) is 67.6 cm³/mol. The van der Waals surface area contributed by atoms with E-state index in [1.807, 2.05) is 0 Å². The van der Waals surface area contributed by atoms with E-state index in [0.717, 1.165) is 25.7 Å². The van der Waals surface area contributed by atoms with E-state index in [2.05, 4.69) is 5.32 Å². The summed E-state index contributed by atoms with van der Waals surface area (Å²) < 4.78 is 11.8. The minimum absolute atomic E-state index is 0.0334. The van der Waals surface area contributed by atoms with E-state index in [1.54, 1.807) is 0 Å². The third kappa shape index (κ3) is 4.40. The van der Waals surface area contributed by atoms with Gasteiger partial charge in [-0.2, -0.15) is 0 Å². The first kappa shape index (κ1) is 13.5. The molecule has 0 heterocycles. The van der Waals surface area contributed by atoms with Gasteiger partial charge in [-0.25, -0.2) is 0 Å². The minimum atomic E-state index is -1.08. The Bertz CT molecular complexity index is 374. The zero-order valence-electron chi connectivity index (χ0n) is 10.3. The van der Waals surface area contributed by atoms with Crippen LogP contribution in [0.2, 0.25) is 0 Å². The Balaban J connectivity index is 1.65. The fraction of sp³-hybridized carbons (Fsp3) is 0.833. The molecule has 0 aromatic rings. The first-order valence-corrected chi connectivity index (χ1v) is 7.84. The number of carbonyl (C=O) groups is 2. The molecule has 5 nitrogen and oxygen atoms in total. The molecule has 2 aliphatic carbocycles. The van der Waals surface area contributed by atoms with Crippen molar-refractivity contribution >= 4 is 22.7 Å². The maximum absolute atomic E-state index is 11.8. The number of nitrogens with one attached hydrogen (secondary N) is 1. The van der Waals surface area contributed by atoms with E-state index in [-0.39, 0.29) is 24.2 Å². The van der Waals surface area contributed by atoms with Gasteiger partial charge in [0.05, 0.1) is 6.42 Å². The first-order chi connectivity index (χ1) is 8.49. The Kier molecular flexibility index (Phi) is 4.04. The average molecular weight is 273 g/mol. The number of hydrogen-bond donors (Lipinski definition) is 2. The molecule has 0 bridgehead atoms. The molecule has 2 rings (SSSR count). The van der Waals surface area contributed by atoms with Crippen molar-refractivity contribution in [3.63, 3.8) is 0 Å². The van der Waals surface area contributed by atoms with E-state index in [1.165, 1.54) is 0 Å². The van der Waals surface area contributed by atoms with Crippen molar-refractivity contribution in [1.82, 2.24) is 5.32 Å². The number of carbonyl (C=O) groups excluding carboxylic acids is 1. The Morgan fingerprint density at radius 1 is 1.33 bits per heavy atom. The molecule has 0 aromatic carbocycles. The molecule has 1 atom stereocenters. The Morgan fingerprint density at radius 2 is 2.00 bits per heavy atom. The average Bonchev–Trinajstić information content (AvgIpc) is 3.14. The van der Waals surface area contributed by atoms with Crippen LogP contribution in [0.1, 0.15) is 38.5 Å². The summed E-state index contributed by atoms with van der Waals surface area (Å²) >= 11 is 0. The molecule has 0 aromatic heterocycles. The van der Waals surface area contributed by atoms with E-state index in [4.69, 9.17) is 5.11 Å². The van der Waals surface area contributed by atoms with Crippen molar-refractivity contribution in [2.75, 3.05) is 11.5 Å². The largest absolute Gasteiger partial charge is 0.481 e. The molecule has 2 fully saturated rings. The number of rotatable bonds is 8. The molecule has 1 unspecified atom stereocenters. The van der Waals surface area contributed by atoms with Crippen molar-refractivity contribution in [3.05, 3.63) is 0 Å². The van der Waals surface area contributed by atoms with Crippen LogP contribution in [0.3, 0.4) is 0 Å². The summed E-state index contributed by atoms with van der Waals surface area (Å²) in [6.45, 7) is 0. The Morgan fingerprint density at radius 3 is 2.50 bits per heavy atom. The van der Waals surface area contributed by atoms with Crippen LogP contribution >= 0.6 is 0 Å². The smallest absolute Gasteiger partial charge is 0.303 e. The minimum Gasteiger partial charge on any atom is -0.481 e. The van der Waals surface area contributed by atoms with E-state index in [0.29, 0.717) is 17.5 Å². The highest BCUT2D eigenvalue weighted by atomic mass is 32.2. The van der Waals surface area contributed by atoms with Gasteiger partial charge in [-0.15, -0.1) is 0 Å². The monoisotopic (exact) mass is 273 g/mol. The molecule has 0 spiro atoms. The molecule has 0 saturated heterocycles. The van der Waals surface area contributed by atoms with Gasteiger partial charge >= 0.3 is 5.97 Å². The topological polar surface area (TPSA) is 83.5 Å². The molecule has 2 N–H and O–H groups in total. The van der Waals surface area contributed by atoms with Crippen molar-refractivity contribution in [3.8, 4) is 0 Å². The predicted octanol–water partition coefficient (Wildman–Crippen LogP) is 0.659. The summed E-state index contributed by atoms with van der Waals surface area (Å²) in [5.74, 6) is -0.0828. The number of aliphatic carboxylic acids is 1. The van der Waals surface area contributed by atoms with Gasteiger partial charge in [0, 0.05) is 34.8 Å². The van der Waals surface area contributed by atoms with Crippen LogP contribution in [0.5, 0.6) is 0 Å². The van der Waals surface area contributed by atoms with Crippen molar-refractivity contribution in [1.29, 1.82) is 0 Å². The van der Waals surface area contributed by atoms with Gasteiger partial charge in [-0.1, -0.05) is 0 Å². The van der Waals surface area contributed by atoms with Crippen molar-refractivity contribution in [2.45, 2.75) is 44.6 Å². The molecule has 0 aliphatic heterocycles. The summed E-state index contributed by atoms with van der Waals surface area (Å²) in [4.78, 5) is 22.1. The van der Waals surface area contributed by atoms with Crippen LogP contribution < -0.4 is 5.32 Å². The number of amides is 1. The standard InChI is InChI=1S/C12H19NO4S/c14-10(13-9-1-2-9)3-6-18(17)8-12(4-5-12)7-11(15)16/h9H,1-8H2,(H,13,14)(H,15,16). The lowest BCUT2D eigenvalue weighted by molar-refractivity contribution is -0.138. The summed E-state index contributed by atoms with van der Waals surface area (Å²) in [7, 11) is -1.08. The summed E-state index contributed by atoms with van der Waals surface area (Å²) in [6.07, 6.45) is 4.19.